The van der Waals surface area contributed by atoms with Gasteiger partial charge in [-0.2, -0.15) is 4.31 Å². The van der Waals surface area contributed by atoms with Crippen molar-refractivity contribution in [3.63, 3.8) is 0 Å². The molecule has 0 unspecified atom stereocenters. The highest BCUT2D eigenvalue weighted by Crippen LogP contribution is 2.21. The second kappa shape index (κ2) is 7.59. The van der Waals surface area contributed by atoms with E-state index in [2.05, 4.69) is 0 Å². The number of ether oxygens (including phenoxy) is 1. The highest BCUT2D eigenvalue weighted by atomic mass is 32.2. The normalized spacial score (nSPS) is 11.5. The minimum atomic E-state index is -3.70. The molecule has 0 heterocycles. The first-order valence-electron chi connectivity index (χ1n) is 7.63. The number of rotatable bonds is 6. The SMILES string of the molecule is CCN(Cc1ccccc1)S(=O)(=O)c1ccc(C)c(C(=O)OC)c1. The van der Waals surface area contributed by atoms with Crippen molar-refractivity contribution in [1.82, 2.24) is 4.31 Å². The summed E-state index contributed by atoms with van der Waals surface area (Å²) in [6.45, 7) is 4.14. The lowest BCUT2D eigenvalue weighted by atomic mass is 10.1. The van der Waals surface area contributed by atoms with Gasteiger partial charge in [0.15, 0.2) is 0 Å². The second-order valence-electron chi connectivity index (χ2n) is 5.39. The van der Waals surface area contributed by atoms with Crippen LogP contribution in [0.3, 0.4) is 0 Å². The van der Waals surface area contributed by atoms with Crippen molar-refractivity contribution in [2.24, 2.45) is 0 Å². The Labute approximate surface area is 142 Å². The van der Waals surface area contributed by atoms with Gasteiger partial charge in [0.1, 0.15) is 0 Å². The van der Waals surface area contributed by atoms with Gasteiger partial charge in [0.2, 0.25) is 10.0 Å². The number of hydrogen-bond donors (Lipinski definition) is 0. The Balaban J connectivity index is 2.39. The summed E-state index contributed by atoms with van der Waals surface area (Å²) in [4.78, 5) is 11.9. The van der Waals surface area contributed by atoms with Crippen molar-refractivity contribution in [2.45, 2.75) is 25.3 Å². The average molecular weight is 347 g/mol. The van der Waals surface area contributed by atoms with Crippen LogP contribution in [0.5, 0.6) is 0 Å². The van der Waals surface area contributed by atoms with Gasteiger partial charge in [-0.15, -0.1) is 0 Å². The highest BCUT2D eigenvalue weighted by Gasteiger charge is 2.25. The first-order chi connectivity index (χ1) is 11.4. The van der Waals surface area contributed by atoms with E-state index < -0.39 is 16.0 Å². The smallest absolute Gasteiger partial charge is 0.338 e. The predicted molar refractivity (Wildman–Crippen MR) is 92.2 cm³/mol. The quantitative estimate of drug-likeness (QED) is 0.754. The molecule has 0 N–H and O–H groups in total. The predicted octanol–water partition coefficient (Wildman–Crippen LogP) is 2.99. The van der Waals surface area contributed by atoms with E-state index in [0.717, 1.165) is 5.56 Å². The van der Waals surface area contributed by atoms with Crippen LogP contribution in [0.25, 0.3) is 0 Å². The molecule has 0 aromatic heterocycles. The Hall–Kier alpha value is -2.18. The van der Waals surface area contributed by atoms with Crippen LogP contribution in [-0.4, -0.2) is 32.3 Å². The molecule has 5 nitrogen and oxygen atoms in total. The maximum atomic E-state index is 12.9. The van der Waals surface area contributed by atoms with E-state index >= 15 is 0 Å². The Bertz CT molecular complexity index is 816. The molecule has 128 valence electrons. The molecule has 0 aliphatic rings. The van der Waals surface area contributed by atoms with E-state index in [-0.39, 0.29) is 17.0 Å². The zero-order valence-electron chi connectivity index (χ0n) is 14.0. The number of sulfonamides is 1. The lowest BCUT2D eigenvalue weighted by Crippen LogP contribution is -2.30. The Morgan fingerprint density at radius 2 is 1.79 bits per heavy atom. The van der Waals surface area contributed by atoms with E-state index in [1.54, 1.807) is 19.9 Å². The van der Waals surface area contributed by atoms with Crippen molar-refractivity contribution < 1.29 is 17.9 Å². The first kappa shape index (κ1) is 18.2. The van der Waals surface area contributed by atoms with Gasteiger partial charge >= 0.3 is 5.97 Å². The molecule has 0 bridgehead atoms. The summed E-state index contributed by atoms with van der Waals surface area (Å²) in [6.07, 6.45) is 0. The molecule has 2 rings (SSSR count). The van der Waals surface area contributed by atoms with Crippen LogP contribution in [0.1, 0.15) is 28.4 Å². The van der Waals surface area contributed by atoms with Gasteiger partial charge in [-0.3, -0.25) is 0 Å². The lowest BCUT2D eigenvalue weighted by Gasteiger charge is -2.21. The molecule has 0 saturated carbocycles. The zero-order valence-corrected chi connectivity index (χ0v) is 14.8. The van der Waals surface area contributed by atoms with Crippen LogP contribution >= 0.6 is 0 Å². The fourth-order valence-corrected chi connectivity index (χ4v) is 3.86. The van der Waals surface area contributed by atoms with Crippen LogP contribution in [0, 0.1) is 6.92 Å². The maximum Gasteiger partial charge on any atom is 0.338 e. The molecule has 0 aliphatic carbocycles. The summed E-state index contributed by atoms with van der Waals surface area (Å²) in [5.41, 5.74) is 1.84. The van der Waals surface area contributed by atoms with Gasteiger partial charge in [0.05, 0.1) is 17.6 Å². The van der Waals surface area contributed by atoms with Gasteiger partial charge in [-0.1, -0.05) is 43.3 Å². The maximum absolute atomic E-state index is 12.9. The highest BCUT2D eigenvalue weighted by molar-refractivity contribution is 7.89. The third-order valence-corrected chi connectivity index (χ3v) is 5.72. The van der Waals surface area contributed by atoms with E-state index in [1.165, 1.54) is 23.5 Å². The third kappa shape index (κ3) is 3.83. The summed E-state index contributed by atoms with van der Waals surface area (Å²) >= 11 is 0. The summed E-state index contributed by atoms with van der Waals surface area (Å²) < 4.78 is 31.9. The average Bonchev–Trinajstić information content (AvgIpc) is 2.59. The number of esters is 1. The molecule has 24 heavy (non-hydrogen) atoms. The number of carbonyl (C=O) groups excluding carboxylic acids is 1. The summed E-state index contributed by atoms with van der Waals surface area (Å²) in [7, 11) is -2.43. The number of hydrogen-bond acceptors (Lipinski definition) is 4. The number of aryl methyl sites for hydroxylation is 1. The molecule has 0 atom stereocenters. The number of carbonyl (C=O) groups is 1. The number of nitrogens with zero attached hydrogens (tertiary/aromatic N) is 1. The molecule has 2 aromatic rings. The zero-order chi connectivity index (χ0) is 17.7. The van der Waals surface area contributed by atoms with Gasteiger partial charge in [0, 0.05) is 13.1 Å². The van der Waals surface area contributed by atoms with E-state index in [0.29, 0.717) is 12.1 Å². The van der Waals surface area contributed by atoms with Gasteiger partial charge in [-0.05, 0) is 30.2 Å². The van der Waals surface area contributed by atoms with Crippen LogP contribution in [0.15, 0.2) is 53.4 Å². The Morgan fingerprint density at radius 1 is 1.12 bits per heavy atom. The molecule has 6 heteroatoms. The van der Waals surface area contributed by atoms with Crippen molar-refractivity contribution in [3.8, 4) is 0 Å². The van der Waals surface area contributed by atoms with E-state index in [9.17, 15) is 13.2 Å². The van der Waals surface area contributed by atoms with Crippen LogP contribution in [0.4, 0.5) is 0 Å². The summed E-state index contributed by atoms with van der Waals surface area (Å²) in [5.74, 6) is -0.546. The van der Waals surface area contributed by atoms with Gasteiger partial charge in [-0.25, -0.2) is 13.2 Å². The fraction of sp³-hybridized carbons (Fsp3) is 0.278. The molecule has 0 saturated heterocycles. The Morgan fingerprint density at radius 3 is 2.38 bits per heavy atom. The minimum Gasteiger partial charge on any atom is -0.465 e. The van der Waals surface area contributed by atoms with Gasteiger partial charge in [0.25, 0.3) is 0 Å². The van der Waals surface area contributed by atoms with E-state index in [1.807, 2.05) is 30.3 Å². The third-order valence-electron chi connectivity index (χ3n) is 3.81. The molecule has 0 aliphatic heterocycles. The molecule has 0 radical (unpaired) electrons. The van der Waals surface area contributed by atoms with Crippen LogP contribution < -0.4 is 0 Å². The topological polar surface area (TPSA) is 63.7 Å². The molecule has 0 spiro atoms. The first-order valence-corrected chi connectivity index (χ1v) is 9.07. The van der Waals surface area contributed by atoms with Crippen molar-refractivity contribution in [1.29, 1.82) is 0 Å². The molecular weight excluding hydrogens is 326 g/mol. The number of methoxy groups -OCH3 is 1. The molecule has 0 fully saturated rings. The van der Waals surface area contributed by atoms with Crippen molar-refractivity contribution in [3.05, 3.63) is 65.2 Å². The van der Waals surface area contributed by atoms with Gasteiger partial charge < -0.3 is 4.74 Å². The fourth-order valence-electron chi connectivity index (χ4n) is 2.39. The molecule has 0 amide bonds. The second-order valence-corrected chi connectivity index (χ2v) is 7.32. The van der Waals surface area contributed by atoms with E-state index in [4.69, 9.17) is 4.74 Å². The summed E-state index contributed by atoms with van der Waals surface area (Å²) in [5, 5.41) is 0. The number of benzene rings is 2. The monoisotopic (exact) mass is 347 g/mol. The molecular formula is C18H21NO4S. The Kier molecular flexibility index (Phi) is 5.75. The summed E-state index contributed by atoms with van der Waals surface area (Å²) in [6, 6.07) is 13.9. The lowest BCUT2D eigenvalue weighted by molar-refractivity contribution is 0.0599. The minimum absolute atomic E-state index is 0.0891. The van der Waals surface area contributed by atoms with Crippen LogP contribution in [-0.2, 0) is 21.3 Å². The van der Waals surface area contributed by atoms with Crippen molar-refractivity contribution in [2.75, 3.05) is 13.7 Å². The largest absolute Gasteiger partial charge is 0.465 e. The standard InChI is InChI=1S/C18H21NO4S/c1-4-19(13-15-8-6-5-7-9-15)24(21,22)16-11-10-14(2)17(12-16)18(20)23-3/h5-12H,4,13H2,1-3H3. The van der Waals surface area contributed by atoms with Crippen molar-refractivity contribution >= 4 is 16.0 Å². The van der Waals surface area contributed by atoms with Crippen LogP contribution in [0.2, 0.25) is 0 Å². The molecule has 2 aromatic carbocycles.